The van der Waals surface area contributed by atoms with Crippen LogP contribution in [0.25, 0.3) is 0 Å². The van der Waals surface area contributed by atoms with Gasteiger partial charge in [-0.25, -0.2) is 4.99 Å². The van der Waals surface area contributed by atoms with E-state index >= 15 is 0 Å². The van der Waals surface area contributed by atoms with E-state index < -0.39 is 5.25 Å². The zero-order chi connectivity index (χ0) is 18.5. The van der Waals surface area contributed by atoms with Crippen LogP contribution in [-0.4, -0.2) is 22.2 Å². The molecule has 1 heterocycles. The first-order valence-electron chi connectivity index (χ1n) is 8.24. The molecule has 2 aromatic rings. The predicted molar refractivity (Wildman–Crippen MR) is 107 cm³/mol. The van der Waals surface area contributed by atoms with Gasteiger partial charge in [0, 0.05) is 17.1 Å². The van der Waals surface area contributed by atoms with Crippen molar-refractivity contribution < 1.29 is 9.59 Å². The van der Waals surface area contributed by atoms with Crippen LogP contribution in [0.4, 0.5) is 11.4 Å². The van der Waals surface area contributed by atoms with Gasteiger partial charge in [0.1, 0.15) is 5.25 Å². The zero-order valence-corrected chi connectivity index (χ0v) is 15.7. The molecule has 2 N–H and O–H groups in total. The summed E-state index contributed by atoms with van der Waals surface area (Å²) in [6, 6.07) is 14.7. The van der Waals surface area contributed by atoms with E-state index in [4.69, 9.17) is 11.6 Å². The van der Waals surface area contributed by atoms with Crippen molar-refractivity contribution in [1.82, 2.24) is 5.32 Å². The minimum atomic E-state index is -0.490. The molecule has 0 unspecified atom stereocenters. The minimum absolute atomic E-state index is 0.0763. The Morgan fingerprint density at radius 1 is 1.19 bits per heavy atom. The van der Waals surface area contributed by atoms with Crippen LogP contribution in [0.2, 0.25) is 5.02 Å². The average molecular weight is 388 g/mol. The van der Waals surface area contributed by atoms with Gasteiger partial charge in [-0.1, -0.05) is 42.4 Å². The summed E-state index contributed by atoms with van der Waals surface area (Å²) in [6.07, 6.45) is 1.04. The van der Waals surface area contributed by atoms with Crippen molar-refractivity contribution >= 4 is 51.7 Å². The lowest BCUT2D eigenvalue weighted by Crippen LogP contribution is -2.28. The maximum atomic E-state index is 12.2. The quantitative estimate of drug-likeness (QED) is 0.809. The number of rotatable bonds is 5. The molecule has 1 fully saturated rings. The van der Waals surface area contributed by atoms with Gasteiger partial charge in [0.05, 0.1) is 5.69 Å². The number of halogens is 1. The van der Waals surface area contributed by atoms with Gasteiger partial charge in [-0.05, 0) is 48.4 Å². The number of nitrogens with zero attached hydrogens (tertiary/aromatic N) is 1. The van der Waals surface area contributed by atoms with E-state index in [1.165, 1.54) is 17.3 Å². The van der Waals surface area contributed by atoms with Gasteiger partial charge in [0.15, 0.2) is 5.17 Å². The van der Waals surface area contributed by atoms with Crippen LogP contribution < -0.4 is 10.6 Å². The Morgan fingerprint density at radius 3 is 2.54 bits per heavy atom. The van der Waals surface area contributed by atoms with Crippen molar-refractivity contribution in [3.63, 3.8) is 0 Å². The fraction of sp³-hybridized carbons (Fsp3) is 0.211. The summed E-state index contributed by atoms with van der Waals surface area (Å²) in [5, 5.41) is 6.12. The summed E-state index contributed by atoms with van der Waals surface area (Å²) >= 11 is 7.09. The fourth-order valence-electron chi connectivity index (χ4n) is 2.43. The van der Waals surface area contributed by atoms with Crippen molar-refractivity contribution in [2.24, 2.45) is 4.99 Å². The lowest BCUT2D eigenvalue weighted by atomic mass is 10.2. The molecule has 2 amide bonds. The summed E-state index contributed by atoms with van der Waals surface area (Å²) in [6.45, 7) is 2.09. The average Bonchev–Trinajstić information content (AvgIpc) is 2.96. The number of nitrogens with one attached hydrogen (secondary N) is 2. The number of aryl methyl sites for hydroxylation is 1. The first-order valence-corrected chi connectivity index (χ1v) is 9.50. The highest BCUT2D eigenvalue weighted by Gasteiger charge is 2.32. The second-order valence-corrected chi connectivity index (χ2v) is 7.42. The third-order valence-corrected chi connectivity index (χ3v) is 5.18. The van der Waals surface area contributed by atoms with Crippen LogP contribution in [0.15, 0.2) is 53.5 Å². The lowest BCUT2D eigenvalue weighted by molar-refractivity contribution is -0.122. The summed E-state index contributed by atoms with van der Waals surface area (Å²) < 4.78 is 0. The maximum absolute atomic E-state index is 12.2. The lowest BCUT2D eigenvalue weighted by Gasteiger charge is -2.07. The van der Waals surface area contributed by atoms with Crippen molar-refractivity contribution in [2.75, 3.05) is 5.32 Å². The molecule has 0 aliphatic carbocycles. The van der Waals surface area contributed by atoms with Crippen molar-refractivity contribution in [1.29, 1.82) is 0 Å². The van der Waals surface area contributed by atoms with Gasteiger partial charge in [0.25, 0.3) is 0 Å². The van der Waals surface area contributed by atoms with E-state index in [1.54, 1.807) is 24.3 Å². The highest BCUT2D eigenvalue weighted by Crippen LogP contribution is 2.26. The Kier molecular flexibility index (Phi) is 5.96. The Hall–Kier alpha value is -2.31. The maximum Gasteiger partial charge on any atom is 0.240 e. The molecule has 5 nitrogen and oxygen atoms in total. The van der Waals surface area contributed by atoms with Crippen molar-refractivity contribution in [3.8, 4) is 0 Å². The number of amides is 2. The second-order valence-electron chi connectivity index (χ2n) is 5.79. The molecule has 2 aromatic carbocycles. The van der Waals surface area contributed by atoms with Gasteiger partial charge in [-0.3, -0.25) is 9.59 Å². The number of carbonyl (C=O) groups is 2. The molecule has 0 radical (unpaired) electrons. The molecule has 1 aliphatic heterocycles. The van der Waals surface area contributed by atoms with Crippen molar-refractivity contribution in [3.05, 3.63) is 59.1 Å². The molecule has 1 atom stereocenters. The summed E-state index contributed by atoms with van der Waals surface area (Å²) in [4.78, 5) is 28.7. The van der Waals surface area contributed by atoms with Crippen LogP contribution >= 0.6 is 23.4 Å². The molecule has 0 saturated carbocycles. The smallest absolute Gasteiger partial charge is 0.240 e. The van der Waals surface area contributed by atoms with Gasteiger partial charge in [-0.2, -0.15) is 0 Å². The van der Waals surface area contributed by atoms with Crippen LogP contribution in [0, 0.1) is 0 Å². The van der Waals surface area contributed by atoms with E-state index in [-0.39, 0.29) is 18.2 Å². The Morgan fingerprint density at radius 2 is 1.88 bits per heavy atom. The fourth-order valence-corrected chi connectivity index (χ4v) is 3.54. The zero-order valence-electron chi connectivity index (χ0n) is 14.2. The number of anilines is 1. The largest absolute Gasteiger partial charge is 0.326 e. The molecule has 7 heteroatoms. The van der Waals surface area contributed by atoms with E-state index in [0.717, 1.165) is 12.1 Å². The van der Waals surface area contributed by atoms with Crippen LogP contribution in [-0.2, 0) is 16.0 Å². The first-order chi connectivity index (χ1) is 12.5. The standard InChI is InChI=1S/C19H18ClN3O2S/c1-2-12-3-7-15(8-4-12)22-19-23-18(25)16(26-19)11-17(24)21-14-9-5-13(20)6-10-14/h3-10,16H,2,11H2,1H3,(H,21,24)(H,22,23,25)/t16-/m1/s1. The summed E-state index contributed by atoms with van der Waals surface area (Å²) in [5.41, 5.74) is 2.65. The molecule has 0 aromatic heterocycles. The van der Waals surface area contributed by atoms with Crippen LogP contribution in [0.5, 0.6) is 0 Å². The molecular weight excluding hydrogens is 370 g/mol. The topological polar surface area (TPSA) is 70.6 Å². The molecule has 1 aliphatic rings. The first kappa shape index (κ1) is 18.5. The Labute approximate surface area is 161 Å². The monoisotopic (exact) mass is 387 g/mol. The number of carbonyl (C=O) groups excluding carboxylic acids is 2. The number of hydrogen-bond donors (Lipinski definition) is 2. The minimum Gasteiger partial charge on any atom is -0.326 e. The second kappa shape index (κ2) is 8.38. The van der Waals surface area contributed by atoms with E-state index in [0.29, 0.717) is 15.9 Å². The van der Waals surface area contributed by atoms with Gasteiger partial charge < -0.3 is 10.6 Å². The van der Waals surface area contributed by atoms with Gasteiger partial charge in [-0.15, -0.1) is 0 Å². The molecule has 0 bridgehead atoms. The molecule has 1 saturated heterocycles. The number of amidine groups is 1. The van der Waals surface area contributed by atoms with E-state index in [9.17, 15) is 9.59 Å². The SMILES string of the molecule is CCc1ccc(N=C2NC(=O)[C@@H](CC(=O)Nc3ccc(Cl)cc3)S2)cc1. The van der Waals surface area contributed by atoms with E-state index in [1.807, 2.05) is 24.3 Å². The highest BCUT2D eigenvalue weighted by atomic mass is 35.5. The molecule has 26 heavy (non-hydrogen) atoms. The molecule has 134 valence electrons. The number of benzene rings is 2. The highest BCUT2D eigenvalue weighted by molar-refractivity contribution is 8.15. The van der Waals surface area contributed by atoms with Crippen LogP contribution in [0.3, 0.4) is 0 Å². The summed E-state index contributed by atoms with van der Waals surface area (Å²) in [5.74, 6) is -0.432. The normalized spacial score (nSPS) is 18.0. The third-order valence-electron chi connectivity index (χ3n) is 3.85. The number of hydrogen-bond acceptors (Lipinski definition) is 4. The number of aliphatic imine (C=N–C) groups is 1. The van der Waals surface area contributed by atoms with E-state index in [2.05, 4.69) is 22.5 Å². The Balaban J connectivity index is 1.59. The predicted octanol–water partition coefficient (Wildman–Crippen LogP) is 4.15. The van der Waals surface area contributed by atoms with Crippen LogP contribution in [0.1, 0.15) is 18.9 Å². The summed E-state index contributed by atoms with van der Waals surface area (Å²) in [7, 11) is 0. The molecule has 0 spiro atoms. The molecular formula is C19H18ClN3O2S. The molecule has 3 rings (SSSR count). The van der Waals surface area contributed by atoms with Crippen molar-refractivity contribution in [2.45, 2.75) is 25.0 Å². The third kappa shape index (κ3) is 4.86. The van der Waals surface area contributed by atoms with Gasteiger partial charge >= 0.3 is 0 Å². The van der Waals surface area contributed by atoms with Gasteiger partial charge in [0.2, 0.25) is 11.8 Å². The Bertz CT molecular complexity index is 835. The number of thioether (sulfide) groups is 1.